The van der Waals surface area contributed by atoms with Crippen LogP contribution in [0.3, 0.4) is 0 Å². The SMILES string of the molecule is Cc1cnc(Cn2c(N)nc3cc(I)c(F)cc32)cn1. The van der Waals surface area contributed by atoms with Gasteiger partial charge in [-0.3, -0.25) is 9.97 Å². The first-order valence-electron chi connectivity index (χ1n) is 5.93. The first-order valence-corrected chi connectivity index (χ1v) is 7.01. The van der Waals surface area contributed by atoms with E-state index in [1.165, 1.54) is 6.07 Å². The van der Waals surface area contributed by atoms with Crippen molar-refractivity contribution in [2.45, 2.75) is 13.5 Å². The van der Waals surface area contributed by atoms with Gasteiger partial charge in [0.1, 0.15) is 5.82 Å². The average Bonchev–Trinajstić information content (AvgIpc) is 2.69. The summed E-state index contributed by atoms with van der Waals surface area (Å²) in [7, 11) is 0. The number of aromatic nitrogens is 4. The molecule has 0 aliphatic rings. The molecule has 0 saturated carbocycles. The van der Waals surface area contributed by atoms with Gasteiger partial charge in [-0.05, 0) is 35.6 Å². The highest BCUT2D eigenvalue weighted by atomic mass is 127. The molecule has 0 radical (unpaired) electrons. The highest BCUT2D eigenvalue weighted by Crippen LogP contribution is 2.23. The molecule has 5 nitrogen and oxygen atoms in total. The van der Waals surface area contributed by atoms with Crippen molar-refractivity contribution in [3.05, 3.63) is 45.3 Å². The summed E-state index contributed by atoms with van der Waals surface area (Å²) < 4.78 is 16.0. The number of nitrogen functional groups attached to an aromatic ring is 1. The quantitative estimate of drug-likeness (QED) is 0.691. The van der Waals surface area contributed by atoms with Crippen LogP contribution in [-0.4, -0.2) is 19.5 Å². The summed E-state index contributed by atoms with van der Waals surface area (Å²) in [4.78, 5) is 12.7. The van der Waals surface area contributed by atoms with Crippen LogP contribution < -0.4 is 5.73 Å². The van der Waals surface area contributed by atoms with Crippen LogP contribution in [0, 0.1) is 16.3 Å². The van der Waals surface area contributed by atoms with Gasteiger partial charge in [-0.15, -0.1) is 0 Å². The second-order valence-corrected chi connectivity index (χ2v) is 5.62. The maximum atomic E-state index is 13.7. The molecular weight excluding hydrogens is 372 g/mol. The van der Waals surface area contributed by atoms with Crippen molar-refractivity contribution in [3.63, 3.8) is 0 Å². The van der Waals surface area contributed by atoms with E-state index in [1.807, 2.05) is 29.5 Å². The molecule has 3 rings (SSSR count). The van der Waals surface area contributed by atoms with Gasteiger partial charge in [0.05, 0.1) is 38.7 Å². The monoisotopic (exact) mass is 383 g/mol. The van der Waals surface area contributed by atoms with Crippen molar-refractivity contribution in [3.8, 4) is 0 Å². The molecule has 0 bridgehead atoms. The second kappa shape index (κ2) is 4.97. The topological polar surface area (TPSA) is 69.6 Å². The van der Waals surface area contributed by atoms with E-state index in [-0.39, 0.29) is 5.82 Å². The molecule has 1 aromatic carbocycles. The van der Waals surface area contributed by atoms with Crippen LogP contribution in [0.15, 0.2) is 24.5 Å². The molecule has 0 saturated heterocycles. The molecule has 20 heavy (non-hydrogen) atoms. The van der Waals surface area contributed by atoms with E-state index in [9.17, 15) is 4.39 Å². The average molecular weight is 383 g/mol. The summed E-state index contributed by atoms with van der Waals surface area (Å²) in [6.07, 6.45) is 3.37. The van der Waals surface area contributed by atoms with Crippen LogP contribution >= 0.6 is 22.6 Å². The van der Waals surface area contributed by atoms with E-state index in [1.54, 1.807) is 23.0 Å². The van der Waals surface area contributed by atoms with Crippen molar-refractivity contribution in [2.24, 2.45) is 0 Å². The minimum absolute atomic E-state index is 0.283. The summed E-state index contributed by atoms with van der Waals surface area (Å²) in [5.41, 5.74) is 8.84. The maximum absolute atomic E-state index is 13.7. The van der Waals surface area contributed by atoms with Crippen LogP contribution in [-0.2, 0) is 6.54 Å². The molecule has 102 valence electrons. The van der Waals surface area contributed by atoms with Gasteiger partial charge in [0, 0.05) is 12.3 Å². The number of nitrogens with zero attached hydrogens (tertiary/aromatic N) is 4. The van der Waals surface area contributed by atoms with Crippen molar-refractivity contribution in [1.82, 2.24) is 19.5 Å². The maximum Gasteiger partial charge on any atom is 0.201 e. The first-order chi connectivity index (χ1) is 9.54. The van der Waals surface area contributed by atoms with E-state index >= 15 is 0 Å². The Kier molecular flexibility index (Phi) is 3.28. The van der Waals surface area contributed by atoms with Crippen molar-refractivity contribution < 1.29 is 4.39 Å². The van der Waals surface area contributed by atoms with Crippen molar-refractivity contribution in [1.29, 1.82) is 0 Å². The Morgan fingerprint density at radius 1 is 1.30 bits per heavy atom. The summed E-state index contributed by atoms with van der Waals surface area (Å²) in [6.45, 7) is 2.28. The van der Waals surface area contributed by atoms with Gasteiger partial charge in [-0.25, -0.2) is 9.37 Å². The molecule has 0 fully saturated rings. The van der Waals surface area contributed by atoms with Gasteiger partial charge in [0.15, 0.2) is 0 Å². The van der Waals surface area contributed by atoms with E-state index in [2.05, 4.69) is 15.0 Å². The third-order valence-corrected chi connectivity index (χ3v) is 3.80. The third-order valence-electron chi connectivity index (χ3n) is 2.97. The summed E-state index contributed by atoms with van der Waals surface area (Å²) in [5.74, 6) is 0.0537. The molecule has 7 heteroatoms. The molecule has 2 aromatic heterocycles. The summed E-state index contributed by atoms with van der Waals surface area (Å²) in [6, 6.07) is 3.13. The standard InChI is InChI=1S/C13H11FIN5/c1-7-4-18-8(5-17-7)6-20-12-2-9(14)10(15)3-11(12)19-13(20)16/h2-5H,6H2,1H3,(H2,16,19). The number of benzene rings is 1. The highest BCUT2D eigenvalue weighted by molar-refractivity contribution is 14.1. The summed E-state index contributed by atoms with van der Waals surface area (Å²) >= 11 is 1.93. The lowest BCUT2D eigenvalue weighted by Gasteiger charge is -2.06. The fraction of sp³-hybridized carbons (Fsp3) is 0.154. The third kappa shape index (κ3) is 2.33. The lowest BCUT2D eigenvalue weighted by molar-refractivity contribution is 0.621. The lowest BCUT2D eigenvalue weighted by atomic mass is 10.3. The molecule has 0 unspecified atom stereocenters. The van der Waals surface area contributed by atoms with E-state index in [0.29, 0.717) is 27.1 Å². The van der Waals surface area contributed by atoms with E-state index < -0.39 is 0 Å². The van der Waals surface area contributed by atoms with Crippen molar-refractivity contribution >= 4 is 39.6 Å². The van der Waals surface area contributed by atoms with Gasteiger partial charge < -0.3 is 10.3 Å². The van der Waals surface area contributed by atoms with Gasteiger partial charge in [0.2, 0.25) is 5.95 Å². The number of nitrogens with two attached hydrogens (primary N) is 1. The largest absolute Gasteiger partial charge is 0.369 e. The van der Waals surface area contributed by atoms with Crippen LogP contribution in [0.25, 0.3) is 11.0 Å². The minimum Gasteiger partial charge on any atom is -0.369 e. The highest BCUT2D eigenvalue weighted by Gasteiger charge is 2.12. The molecule has 0 amide bonds. The lowest BCUT2D eigenvalue weighted by Crippen LogP contribution is -2.06. The number of anilines is 1. The zero-order chi connectivity index (χ0) is 14.3. The van der Waals surface area contributed by atoms with Crippen LogP contribution in [0.4, 0.5) is 10.3 Å². The van der Waals surface area contributed by atoms with Crippen LogP contribution in [0.1, 0.15) is 11.4 Å². The Balaban J connectivity index is 2.08. The molecule has 0 spiro atoms. The number of halogens is 2. The number of aryl methyl sites for hydroxylation is 1. The van der Waals surface area contributed by atoms with Gasteiger partial charge in [0.25, 0.3) is 0 Å². The van der Waals surface area contributed by atoms with Gasteiger partial charge >= 0.3 is 0 Å². The fourth-order valence-electron chi connectivity index (χ4n) is 1.97. The predicted octanol–water partition coefficient (Wildman–Crippen LogP) is 2.51. The van der Waals surface area contributed by atoms with E-state index in [4.69, 9.17) is 5.73 Å². The Hall–Kier alpha value is -1.77. The van der Waals surface area contributed by atoms with E-state index in [0.717, 1.165) is 11.4 Å². The number of rotatable bonds is 2. The number of hydrogen-bond donors (Lipinski definition) is 1. The second-order valence-electron chi connectivity index (χ2n) is 4.46. The zero-order valence-corrected chi connectivity index (χ0v) is 12.8. The first kappa shape index (κ1) is 13.2. The number of hydrogen-bond acceptors (Lipinski definition) is 4. The predicted molar refractivity (Wildman–Crippen MR) is 82.7 cm³/mol. The molecule has 3 aromatic rings. The Morgan fingerprint density at radius 2 is 2.10 bits per heavy atom. The summed E-state index contributed by atoms with van der Waals surface area (Å²) in [5, 5.41) is 0. The number of imidazole rings is 1. The smallest absolute Gasteiger partial charge is 0.201 e. The van der Waals surface area contributed by atoms with Crippen LogP contribution in [0.2, 0.25) is 0 Å². The number of fused-ring (bicyclic) bond motifs is 1. The Labute approximate surface area is 128 Å². The molecule has 0 atom stereocenters. The molecule has 2 N–H and O–H groups in total. The fourth-order valence-corrected chi connectivity index (χ4v) is 2.42. The minimum atomic E-state index is -0.283. The van der Waals surface area contributed by atoms with Gasteiger partial charge in [-0.2, -0.15) is 0 Å². The zero-order valence-electron chi connectivity index (χ0n) is 10.6. The van der Waals surface area contributed by atoms with Gasteiger partial charge in [-0.1, -0.05) is 0 Å². The van der Waals surface area contributed by atoms with Crippen molar-refractivity contribution in [2.75, 3.05) is 5.73 Å². The van der Waals surface area contributed by atoms with Crippen LogP contribution in [0.5, 0.6) is 0 Å². The molecule has 2 heterocycles. The molecule has 0 aliphatic heterocycles. The Bertz CT molecular complexity index is 782. The Morgan fingerprint density at radius 3 is 2.80 bits per heavy atom. The molecular formula is C13H11FIN5. The normalized spacial score (nSPS) is 11.2. The molecule has 0 aliphatic carbocycles.